The number of rotatable bonds is 3. The number of hydrogen-bond acceptors (Lipinski definition) is 4. The summed E-state index contributed by atoms with van der Waals surface area (Å²) >= 11 is 0. The van der Waals surface area contributed by atoms with Crippen LogP contribution < -0.4 is 0 Å². The highest BCUT2D eigenvalue weighted by molar-refractivity contribution is 5.81. The zero-order valence-electron chi connectivity index (χ0n) is 12.4. The first-order valence-corrected chi connectivity index (χ1v) is 7.24. The van der Waals surface area contributed by atoms with Gasteiger partial charge in [-0.3, -0.25) is 14.4 Å². The third-order valence-corrected chi connectivity index (χ3v) is 4.50. The van der Waals surface area contributed by atoms with Gasteiger partial charge in [0.1, 0.15) is 5.92 Å². The minimum Gasteiger partial charge on any atom is -0.481 e. The second kappa shape index (κ2) is 6.43. The molecule has 21 heavy (non-hydrogen) atoms. The molecule has 0 bridgehead atoms. The van der Waals surface area contributed by atoms with Crippen LogP contribution in [0.3, 0.4) is 0 Å². The van der Waals surface area contributed by atoms with Crippen LogP contribution in [0.25, 0.3) is 0 Å². The largest absolute Gasteiger partial charge is 0.481 e. The molecule has 1 N–H and O–H groups in total. The molecule has 7 heteroatoms. The van der Waals surface area contributed by atoms with E-state index >= 15 is 0 Å². The molecule has 2 aliphatic heterocycles. The van der Waals surface area contributed by atoms with Gasteiger partial charge in [-0.05, 0) is 12.8 Å². The standard InChI is InChI=1S/C14H22N2O5/c1-9(17)16-5-3-10(4-6-16)13(18)15(2)12-8-21-7-11(12)14(19)20/h10-12H,3-8H2,1-2H3,(H,19,20). The summed E-state index contributed by atoms with van der Waals surface area (Å²) in [6.45, 7) is 3.12. The predicted octanol–water partition coefficient (Wildman–Crippen LogP) is -0.197. The SMILES string of the molecule is CC(=O)N1CCC(C(=O)N(C)C2COCC2C(=O)O)CC1. The van der Waals surface area contributed by atoms with E-state index in [9.17, 15) is 14.4 Å². The second-order valence-corrected chi connectivity index (χ2v) is 5.78. The summed E-state index contributed by atoms with van der Waals surface area (Å²) in [6.07, 6.45) is 1.27. The maximum Gasteiger partial charge on any atom is 0.311 e. The Bertz CT molecular complexity index is 431. The number of amides is 2. The number of ether oxygens (including phenoxy) is 1. The number of aliphatic carboxylic acids is 1. The summed E-state index contributed by atoms with van der Waals surface area (Å²) in [5.41, 5.74) is 0. The number of carbonyl (C=O) groups excluding carboxylic acids is 2. The fraction of sp³-hybridized carbons (Fsp3) is 0.786. The van der Waals surface area contributed by atoms with E-state index in [-0.39, 0.29) is 30.9 Å². The van der Waals surface area contributed by atoms with Crippen LogP contribution in [-0.2, 0) is 19.1 Å². The van der Waals surface area contributed by atoms with E-state index in [0.717, 1.165) is 0 Å². The van der Waals surface area contributed by atoms with Gasteiger partial charge >= 0.3 is 5.97 Å². The van der Waals surface area contributed by atoms with Crippen LogP contribution in [0.2, 0.25) is 0 Å². The highest BCUT2D eigenvalue weighted by Gasteiger charge is 2.40. The number of carboxylic acids is 1. The first-order chi connectivity index (χ1) is 9.91. The van der Waals surface area contributed by atoms with Gasteiger partial charge < -0.3 is 19.6 Å². The highest BCUT2D eigenvalue weighted by atomic mass is 16.5. The predicted molar refractivity (Wildman–Crippen MR) is 73.5 cm³/mol. The van der Waals surface area contributed by atoms with Gasteiger partial charge in [0.05, 0.1) is 19.3 Å². The van der Waals surface area contributed by atoms with E-state index in [2.05, 4.69) is 0 Å². The monoisotopic (exact) mass is 298 g/mol. The fourth-order valence-electron chi connectivity index (χ4n) is 3.05. The Morgan fingerprint density at radius 3 is 2.33 bits per heavy atom. The quantitative estimate of drug-likeness (QED) is 0.780. The smallest absolute Gasteiger partial charge is 0.311 e. The Kier molecular flexibility index (Phi) is 4.82. The molecule has 0 aromatic carbocycles. The van der Waals surface area contributed by atoms with E-state index < -0.39 is 17.9 Å². The first-order valence-electron chi connectivity index (χ1n) is 7.24. The Morgan fingerprint density at radius 1 is 1.19 bits per heavy atom. The van der Waals surface area contributed by atoms with E-state index in [4.69, 9.17) is 9.84 Å². The van der Waals surface area contributed by atoms with Crippen LogP contribution in [0.15, 0.2) is 0 Å². The van der Waals surface area contributed by atoms with E-state index in [0.29, 0.717) is 25.9 Å². The lowest BCUT2D eigenvalue weighted by Gasteiger charge is -2.35. The Hall–Kier alpha value is -1.63. The van der Waals surface area contributed by atoms with Crippen molar-refractivity contribution >= 4 is 17.8 Å². The van der Waals surface area contributed by atoms with Crippen LogP contribution in [-0.4, -0.2) is 72.1 Å². The van der Waals surface area contributed by atoms with E-state index in [1.807, 2.05) is 0 Å². The molecule has 2 fully saturated rings. The molecule has 2 saturated heterocycles. The maximum atomic E-state index is 12.5. The molecule has 0 saturated carbocycles. The lowest BCUT2D eigenvalue weighted by Crippen LogP contribution is -2.49. The number of carbonyl (C=O) groups is 3. The Balaban J connectivity index is 1.94. The summed E-state index contributed by atoms with van der Waals surface area (Å²) in [7, 11) is 1.65. The number of likely N-dealkylation sites (tertiary alicyclic amines) is 1. The third kappa shape index (κ3) is 3.34. The highest BCUT2D eigenvalue weighted by Crippen LogP contribution is 2.24. The van der Waals surface area contributed by atoms with Crippen molar-refractivity contribution in [3.63, 3.8) is 0 Å². The molecule has 0 spiro atoms. The fourth-order valence-corrected chi connectivity index (χ4v) is 3.05. The minimum atomic E-state index is -0.927. The number of piperidine rings is 1. The van der Waals surface area contributed by atoms with Gasteiger partial charge in [0, 0.05) is 33.0 Å². The zero-order chi connectivity index (χ0) is 15.6. The van der Waals surface area contributed by atoms with Gasteiger partial charge in [-0.15, -0.1) is 0 Å². The third-order valence-electron chi connectivity index (χ3n) is 4.50. The van der Waals surface area contributed by atoms with Crippen LogP contribution in [0.1, 0.15) is 19.8 Å². The molecule has 7 nitrogen and oxygen atoms in total. The number of likely N-dealkylation sites (N-methyl/N-ethyl adjacent to an activating group) is 1. The van der Waals surface area contributed by atoms with Crippen molar-refractivity contribution < 1.29 is 24.2 Å². The molecular weight excluding hydrogens is 276 g/mol. The van der Waals surface area contributed by atoms with E-state index in [1.165, 1.54) is 11.8 Å². The number of hydrogen-bond donors (Lipinski definition) is 1. The number of nitrogens with zero attached hydrogens (tertiary/aromatic N) is 2. The molecule has 2 amide bonds. The van der Waals surface area contributed by atoms with Crippen LogP contribution in [0.4, 0.5) is 0 Å². The Labute approximate surface area is 123 Å². The summed E-state index contributed by atoms with van der Waals surface area (Å²) in [5.74, 6) is -1.73. The van der Waals surface area contributed by atoms with Crippen molar-refractivity contribution in [2.75, 3.05) is 33.4 Å². The van der Waals surface area contributed by atoms with Gasteiger partial charge in [0.25, 0.3) is 0 Å². The van der Waals surface area contributed by atoms with Crippen molar-refractivity contribution in [1.82, 2.24) is 9.80 Å². The summed E-state index contributed by atoms with van der Waals surface area (Å²) in [4.78, 5) is 38.2. The summed E-state index contributed by atoms with van der Waals surface area (Å²) in [5, 5.41) is 9.16. The molecule has 0 aliphatic carbocycles. The molecule has 0 aromatic heterocycles. The lowest BCUT2D eigenvalue weighted by molar-refractivity contribution is -0.146. The van der Waals surface area contributed by atoms with Gasteiger partial charge in [0.2, 0.25) is 11.8 Å². The van der Waals surface area contributed by atoms with Crippen molar-refractivity contribution in [2.45, 2.75) is 25.8 Å². The topological polar surface area (TPSA) is 87.2 Å². The summed E-state index contributed by atoms with van der Waals surface area (Å²) in [6, 6.07) is -0.402. The molecular formula is C14H22N2O5. The van der Waals surface area contributed by atoms with Gasteiger partial charge in [-0.25, -0.2) is 0 Å². The van der Waals surface area contributed by atoms with Crippen LogP contribution in [0, 0.1) is 11.8 Å². The number of carboxylic acid groups (broad SMARTS) is 1. The van der Waals surface area contributed by atoms with Crippen molar-refractivity contribution in [2.24, 2.45) is 11.8 Å². The van der Waals surface area contributed by atoms with Gasteiger partial charge in [-0.1, -0.05) is 0 Å². The average molecular weight is 298 g/mol. The summed E-state index contributed by atoms with van der Waals surface area (Å²) < 4.78 is 5.21. The normalized spacial score (nSPS) is 26.7. The van der Waals surface area contributed by atoms with Gasteiger partial charge in [0.15, 0.2) is 0 Å². The van der Waals surface area contributed by atoms with Crippen molar-refractivity contribution in [3.05, 3.63) is 0 Å². The molecule has 2 heterocycles. The molecule has 118 valence electrons. The molecule has 2 atom stereocenters. The van der Waals surface area contributed by atoms with Crippen LogP contribution >= 0.6 is 0 Å². The molecule has 2 unspecified atom stereocenters. The van der Waals surface area contributed by atoms with Crippen molar-refractivity contribution in [1.29, 1.82) is 0 Å². The molecule has 0 aromatic rings. The van der Waals surface area contributed by atoms with E-state index in [1.54, 1.807) is 11.9 Å². The average Bonchev–Trinajstić information content (AvgIpc) is 2.95. The molecule has 0 radical (unpaired) electrons. The maximum absolute atomic E-state index is 12.5. The second-order valence-electron chi connectivity index (χ2n) is 5.78. The minimum absolute atomic E-state index is 0.0318. The zero-order valence-corrected chi connectivity index (χ0v) is 12.4. The van der Waals surface area contributed by atoms with Crippen molar-refractivity contribution in [3.8, 4) is 0 Å². The van der Waals surface area contributed by atoms with Gasteiger partial charge in [-0.2, -0.15) is 0 Å². The Morgan fingerprint density at radius 2 is 1.81 bits per heavy atom. The molecule has 2 rings (SSSR count). The first kappa shape index (κ1) is 15.8. The molecule has 2 aliphatic rings. The lowest BCUT2D eigenvalue weighted by atomic mass is 9.93. The van der Waals surface area contributed by atoms with Crippen LogP contribution in [0.5, 0.6) is 0 Å².